The number of hydrogen-bond donors (Lipinski definition) is 3. The van der Waals surface area contributed by atoms with Crippen molar-refractivity contribution in [1.82, 2.24) is 25.5 Å². The average Bonchev–Trinajstić information content (AvgIpc) is 3.26. The van der Waals surface area contributed by atoms with Crippen molar-refractivity contribution in [1.29, 1.82) is 0 Å². The predicted molar refractivity (Wildman–Crippen MR) is 115 cm³/mol. The molecule has 1 fully saturated rings. The molecular formula is C18H27IN6O. The van der Waals surface area contributed by atoms with E-state index in [9.17, 15) is 4.79 Å². The Morgan fingerprint density at radius 2 is 2.23 bits per heavy atom. The first-order valence-electron chi connectivity index (χ1n) is 8.88. The number of amides is 1. The van der Waals surface area contributed by atoms with Gasteiger partial charge in [0.2, 0.25) is 5.91 Å². The number of likely N-dealkylation sites (tertiary alicyclic amines) is 1. The number of aromatic nitrogens is 2. The summed E-state index contributed by atoms with van der Waals surface area (Å²) >= 11 is 0. The summed E-state index contributed by atoms with van der Waals surface area (Å²) in [6, 6.07) is 8.29. The second-order valence-electron chi connectivity index (χ2n) is 6.27. The molecule has 2 aromatic rings. The van der Waals surface area contributed by atoms with Gasteiger partial charge in [0.1, 0.15) is 5.82 Å². The minimum atomic E-state index is 0. The molecule has 3 rings (SSSR count). The van der Waals surface area contributed by atoms with Gasteiger partial charge in [0.25, 0.3) is 0 Å². The van der Waals surface area contributed by atoms with Crippen molar-refractivity contribution in [3.05, 3.63) is 30.1 Å². The van der Waals surface area contributed by atoms with Crippen LogP contribution in [0.2, 0.25) is 0 Å². The normalized spacial score (nSPS) is 17.2. The van der Waals surface area contributed by atoms with Crippen molar-refractivity contribution in [2.75, 3.05) is 26.7 Å². The zero-order valence-corrected chi connectivity index (χ0v) is 17.6. The Morgan fingerprint density at radius 3 is 2.96 bits per heavy atom. The standard InChI is InChI=1S/C18H26N6O.HI/c1-3-17(25)24-11-9-13(12-24)21-18(19-2)20-10-8-16-22-14-6-4-5-7-15(14)23-16;/h4-7,13H,3,8-12H2,1-2H3,(H,22,23)(H2,19,20,21);1H. The van der Waals surface area contributed by atoms with E-state index in [-0.39, 0.29) is 35.9 Å². The second kappa shape index (κ2) is 9.75. The molecule has 2 heterocycles. The highest BCUT2D eigenvalue weighted by atomic mass is 127. The van der Waals surface area contributed by atoms with E-state index in [4.69, 9.17) is 0 Å². The number of aliphatic imine (C=N–C) groups is 1. The van der Waals surface area contributed by atoms with Crippen LogP contribution in [0.4, 0.5) is 0 Å². The molecule has 1 unspecified atom stereocenters. The van der Waals surface area contributed by atoms with Gasteiger partial charge in [-0.15, -0.1) is 24.0 Å². The van der Waals surface area contributed by atoms with Crippen molar-refractivity contribution in [3.8, 4) is 0 Å². The summed E-state index contributed by atoms with van der Waals surface area (Å²) < 4.78 is 0. The highest BCUT2D eigenvalue weighted by Crippen LogP contribution is 2.11. The lowest BCUT2D eigenvalue weighted by atomic mass is 10.3. The summed E-state index contributed by atoms with van der Waals surface area (Å²) in [4.78, 5) is 25.9. The van der Waals surface area contributed by atoms with Crippen LogP contribution < -0.4 is 10.6 Å². The number of benzene rings is 1. The summed E-state index contributed by atoms with van der Waals surface area (Å²) in [5.74, 6) is 1.95. The third kappa shape index (κ3) is 5.09. The number of halogens is 1. The van der Waals surface area contributed by atoms with Gasteiger partial charge >= 0.3 is 0 Å². The Hall–Kier alpha value is -1.84. The number of nitrogens with zero attached hydrogens (tertiary/aromatic N) is 3. The van der Waals surface area contributed by atoms with Crippen LogP contribution in [0.25, 0.3) is 11.0 Å². The summed E-state index contributed by atoms with van der Waals surface area (Å²) in [6.07, 6.45) is 2.31. The Bertz CT molecular complexity index is 726. The van der Waals surface area contributed by atoms with Gasteiger partial charge in [0, 0.05) is 45.6 Å². The highest BCUT2D eigenvalue weighted by molar-refractivity contribution is 14.0. The van der Waals surface area contributed by atoms with Crippen LogP contribution >= 0.6 is 24.0 Å². The van der Waals surface area contributed by atoms with Crippen molar-refractivity contribution in [3.63, 3.8) is 0 Å². The molecule has 0 spiro atoms. The molecular weight excluding hydrogens is 443 g/mol. The average molecular weight is 470 g/mol. The van der Waals surface area contributed by atoms with E-state index in [0.29, 0.717) is 6.42 Å². The molecule has 7 nitrogen and oxygen atoms in total. The molecule has 0 saturated carbocycles. The minimum absolute atomic E-state index is 0. The number of nitrogens with one attached hydrogen (secondary N) is 3. The molecule has 3 N–H and O–H groups in total. The van der Waals surface area contributed by atoms with Gasteiger partial charge in [0.05, 0.1) is 11.0 Å². The third-order valence-corrected chi connectivity index (χ3v) is 4.50. The lowest BCUT2D eigenvalue weighted by Crippen LogP contribution is -2.45. The van der Waals surface area contributed by atoms with Gasteiger partial charge < -0.3 is 20.5 Å². The monoisotopic (exact) mass is 470 g/mol. The number of aromatic amines is 1. The van der Waals surface area contributed by atoms with Crippen molar-refractivity contribution in [2.24, 2.45) is 4.99 Å². The van der Waals surface area contributed by atoms with E-state index in [1.54, 1.807) is 7.05 Å². The Morgan fingerprint density at radius 1 is 1.42 bits per heavy atom. The number of fused-ring (bicyclic) bond motifs is 1. The summed E-state index contributed by atoms with van der Waals surface area (Å²) in [6.45, 7) is 4.21. The van der Waals surface area contributed by atoms with Crippen LogP contribution in [-0.2, 0) is 11.2 Å². The van der Waals surface area contributed by atoms with Crippen molar-refractivity contribution >= 4 is 46.9 Å². The molecule has 1 aliphatic heterocycles. The highest BCUT2D eigenvalue weighted by Gasteiger charge is 2.25. The fourth-order valence-corrected chi connectivity index (χ4v) is 3.14. The summed E-state index contributed by atoms with van der Waals surface area (Å²) in [7, 11) is 1.76. The molecule has 0 bridgehead atoms. The number of carbonyl (C=O) groups excluding carboxylic acids is 1. The number of para-hydroxylation sites is 2. The van der Waals surface area contributed by atoms with Crippen molar-refractivity contribution < 1.29 is 4.79 Å². The fraction of sp³-hybridized carbons (Fsp3) is 0.500. The smallest absolute Gasteiger partial charge is 0.222 e. The molecule has 1 amide bonds. The lowest BCUT2D eigenvalue weighted by molar-refractivity contribution is -0.129. The van der Waals surface area contributed by atoms with Crippen molar-refractivity contribution in [2.45, 2.75) is 32.2 Å². The van der Waals surface area contributed by atoms with E-state index >= 15 is 0 Å². The Kier molecular flexibility index (Phi) is 7.67. The first kappa shape index (κ1) is 20.5. The topological polar surface area (TPSA) is 85.4 Å². The van der Waals surface area contributed by atoms with Gasteiger partial charge in [-0.2, -0.15) is 0 Å². The second-order valence-corrected chi connectivity index (χ2v) is 6.27. The van der Waals surface area contributed by atoms with Gasteiger partial charge in [0.15, 0.2) is 5.96 Å². The molecule has 0 aliphatic carbocycles. The number of carbonyl (C=O) groups is 1. The van der Waals surface area contributed by atoms with Crippen LogP contribution in [-0.4, -0.2) is 59.5 Å². The molecule has 1 saturated heterocycles. The maximum atomic E-state index is 11.8. The first-order chi connectivity index (χ1) is 12.2. The van der Waals surface area contributed by atoms with Crippen LogP contribution in [0.5, 0.6) is 0 Å². The number of rotatable bonds is 5. The summed E-state index contributed by atoms with van der Waals surface area (Å²) in [5.41, 5.74) is 2.05. The Balaban J connectivity index is 0.00000243. The molecule has 26 heavy (non-hydrogen) atoms. The minimum Gasteiger partial charge on any atom is -0.356 e. The fourth-order valence-electron chi connectivity index (χ4n) is 3.14. The molecule has 142 valence electrons. The van der Waals surface area contributed by atoms with Crippen LogP contribution in [0.1, 0.15) is 25.6 Å². The number of hydrogen-bond acceptors (Lipinski definition) is 3. The molecule has 1 aliphatic rings. The van der Waals surface area contributed by atoms with Gasteiger partial charge in [-0.25, -0.2) is 4.98 Å². The molecule has 1 atom stereocenters. The maximum absolute atomic E-state index is 11.8. The molecule has 0 radical (unpaired) electrons. The largest absolute Gasteiger partial charge is 0.356 e. The van der Waals surface area contributed by atoms with Gasteiger partial charge in [-0.3, -0.25) is 9.79 Å². The third-order valence-electron chi connectivity index (χ3n) is 4.50. The van der Waals surface area contributed by atoms with Crippen LogP contribution in [0.15, 0.2) is 29.3 Å². The SMILES string of the molecule is CCC(=O)N1CCC(NC(=NC)NCCc2nc3ccccc3[nH]2)C1.I. The number of guanidine groups is 1. The Labute approximate surface area is 171 Å². The first-order valence-corrected chi connectivity index (χ1v) is 8.88. The molecule has 8 heteroatoms. The van der Waals surface area contributed by atoms with Gasteiger partial charge in [-0.05, 0) is 18.6 Å². The van der Waals surface area contributed by atoms with E-state index < -0.39 is 0 Å². The quantitative estimate of drug-likeness (QED) is 0.354. The number of imidazole rings is 1. The predicted octanol–water partition coefficient (Wildman–Crippen LogP) is 1.90. The van der Waals surface area contributed by atoms with Crippen LogP contribution in [0, 0.1) is 0 Å². The number of H-pyrrole nitrogens is 1. The van der Waals surface area contributed by atoms with E-state index in [1.807, 2.05) is 36.1 Å². The zero-order valence-electron chi connectivity index (χ0n) is 15.3. The van der Waals surface area contributed by atoms with E-state index in [2.05, 4.69) is 25.6 Å². The zero-order chi connectivity index (χ0) is 17.6. The summed E-state index contributed by atoms with van der Waals surface area (Å²) in [5, 5.41) is 6.72. The maximum Gasteiger partial charge on any atom is 0.222 e. The lowest BCUT2D eigenvalue weighted by Gasteiger charge is -2.18. The molecule has 1 aromatic carbocycles. The van der Waals surface area contributed by atoms with Gasteiger partial charge in [-0.1, -0.05) is 19.1 Å². The molecule has 1 aromatic heterocycles. The van der Waals surface area contributed by atoms with E-state index in [0.717, 1.165) is 55.3 Å². The van der Waals surface area contributed by atoms with Crippen LogP contribution in [0.3, 0.4) is 0 Å². The van der Waals surface area contributed by atoms with E-state index in [1.165, 1.54) is 0 Å².